The highest BCUT2D eigenvalue weighted by Gasteiger charge is 2.43. The molecule has 378 valence electrons. The Morgan fingerprint density at radius 3 is 2.43 bits per heavy atom. The predicted octanol–water partition coefficient (Wildman–Crippen LogP) is 7.56. The normalized spacial score (nSPS) is 21.2. The number of rotatable bonds is 13. The van der Waals surface area contributed by atoms with Crippen LogP contribution in [0.3, 0.4) is 0 Å². The van der Waals surface area contributed by atoms with Gasteiger partial charge in [-0.2, -0.15) is 9.97 Å². The number of phenols is 1. The van der Waals surface area contributed by atoms with Gasteiger partial charge in [0.05, 0.1) is 36.4 Å². The van der Waals surface area contributed by atoms with Gasteiger partial charge in [-0.25, -0.2) is 18.0 Å². The SMILES string of the molecule is C#Cc1c(F)ccc2cc(O)cc(-c3ncc4c(N(C)[C@H]5C[C@@H]5F)nc(OC[C@H](C)CN5CCN(CC6CCC7(CC6)CCN(C(=O)c6ccc(OC)c(N8CCC(=O)NC8=O)c6)CC7)CC5)nc4c3F)c12. The van der Waals surface area contributed by atoms with E-state index >= 15 is 4.39 Å². The van der Waals surface area contributed by atoms with Crippen LogP contribution in [0.1, 0.15) is 74.2 Å². The highest BCUT2D eigenvalue weighted by Crippen LogP contribution is 2.47. The number of aromatic nitrogens is 3. The van der Waals surface area contributed by atoms with Crippen LogP contribution in [0, 0.1) is 41.2 Å². The fourth-order valence-electron chi connectivity index (χ4n) is 11.4. The van der Waals surface area contributed by atoms with Gasteiger partial charge in [-0.15, -0.1) is 6.42 Å². The molecule has 3 saturated heterocycles. The lowest BCUT2D eigenvalue weighted by molar-refractivity contribution is -0.120. The van der Waals surface area contributed by atoms with Crippen molar-refractivity contribution in [2.75, 3.05) is 89.5 Å². The van der Waals surface area contributed by atoms with Crippen molar-refractivity contribution >= 4 is 51.0 Å². The van der Waals surface area contributed by atoms with E-state index in [2.05, 4.69) is 42.9 Å². The molecular weight excluding hydrogens is 928 g/mol. The van der Waals surface area contributed by atoms with Gasteiger partial charge < -0.3 is 34.2 Å². The zero-order chi connectivity index (χ0) is 50.4. The quantitative estimate of drug-likeness (QED) is 0.112. The molecule has 2 N–H and O–H groups in total. The average molecular weight is 988 g/mol. The number of hydrogen-bond acceptors (Lipinski definition) is 12. The molecular formula is C54H60F3N9O6. The van der Waals surface area contributed by atoms with Crippen molar-refractivity contribution in [1.82, 2.24) is 35.0 Å². The zero-order valence-electron chi connectivity index (χ0n) is 40.9. The lowest BCUT2D eigenvalue weighted by atomic mass is 9.65. The van der Waals surface area contributed by atoms with Crippen molar-refractivity contribution in [3.63, 3.8) is 0 Å². The standard InChI is InChI=1S/C54H60F3N9O6/c1-5-37-40(55)8-6-34-24-36(67)26-38(46(34)37)48-47(57)49-39(28-58-48)50(62(3)42-27-41(42)56)61-52(60-49)72-31-32(2)29-63-20-22-64(23-21-63)30-33-10-13-54(14-11-33)15-18-65(19-16-54)51(69)35-7-9-44(71-4)43(25-35)66-17-12-45(68)59-53(66)70/h1,6-9,24-26,28,32-33,41-42,67H,10-23,27,29-31H2,2-4H3,(H,59,68,70)/t32-,41+,42+/m1/s1. The number of pyridine rings is 1. The molecule has 3 aliphatic heterocycles. The first-order chi connectivity index (χ1) is 34.7. The number of ether oxygens (including phenoxy) is 2. The molecule has 2 aliphatic carbocycles. The molecule has 10 rings (SSSR count). The van der Waals surface area contributed by atoms with E-state index in [1.165, 1.54) is 55.3 Å². The van der Waals surface area contributed by atoms with E-state index in [9.17, 15) is 28.3 Å². The van der Waals surface area contributed by atoms with E-state index in [0.29, 0.717) is 47.8 Å². The zero-order valence-corrected chi connectivity index (χ0v) is 40.9. The number of benzene rings is 3. The van der Waals surface area contributed by atoms with E-state index < -0.39 is 29.9 Å². The molecule has 3 aromatic carbocycles. The van der Waals surface area contributed by atoms with Gasteiger partial charge in [0.15, 0.2) is 5.82 Å². The molecule has 5 aromatic rings. The van der Waals surface area contributed by atoms with Gasteiger partial charge >= 0.3 is 12.0 Å². The maximum Gasteiger partial charge on any atom is 0.328 e. The number of methoxy groups -OCH3 is 1. The van der Waals surface area contributed by atoms with Crippen LogP contribution in [0.4, 0.5) is 29.5 Å². The molecule has 0 radical (unpaired) electrons. The Morgan fingerprint density at radius 1 is 1.00 bits per heavy atom. The average Bonchev–Trinajstić information content (AvgIpc) is 4.12. The third kappa shape index (κ3) is 9.80. The molecule has 18 heteroatoms. The van der Waals surface area contributed by atoms with Gasteiger partial charge in [-0.05, 0) is 91.6 Å². The fraction of sp³-hybridized carbons (Fsp3) is 0.481. The summed E-state index contributed by atoms with van der Waals surface area (Å²) in [5.41, 5.74) is 0.925. The summed E-state index contributed by atoms with van der Waals surface area (Å²) in [4.78, 5) is 61.8. The highest BCUT2D eigenvalue weighted by molar-refractivity contribution is 6.07. The van der Waals surface area contributed by atoms with E-state index in [-0.39, 0.29) is 93.4 Å². The summed E-state index contributed by atoms with van der Waals surface area (Å²) < 4.78 is 57.9. The number of carbonyl (C=O) groups excluding carboxylic acids is 3. The van der Waals surface area contributed by atoms with Crippen LogP contribution in [0.2, 0.25) is 0 Å². The first-order valence-corrected chi connectivity index (χ1v) is 25.0. The van der Waals surface area contributed by atoms with Gasteiger partial charge in [0.1, 0.15) is 40.5 Å². The summed E-state index contributed by atoms with van der Waals surface area (Å²) in [7, 11) is 3.21. The van der Waals surface area contributed by atoms with Crippen molar-refractivity contribution in [3.05, 3.63) is 71.4 Å². The number of phenolic OH excluding ortho intramolecular Hbond substituents is 1. The lowest BCUT2D eigenvalue weighted by Crippen LogP contribution is -2.50. The molecule has 4 amide bonds. The number of nitrogens with zero attached hydrogens (tertiary/aromatic N) is 8. The molecule has 5 heterocycles. The smallest absolute Gasteiger partial charge is 0.328 e. The Hall–Kier alpha value is -6.71. The topological polar surface area (TPSA) is 157 Å². The number of nitrogens with one attached hydrogen (secondary N) is 1. The number of amides is 4. The summed E-state index contributed by atoms with van der Waals surface area (Å²) >= 11 is 0. The minimum absolute atomic E-state index is 0.0627. The lowest BCUT2D eigenvalue weighted by Gasteiger charge is -2.47. The molecule has 5 aliphatic rings. The molecule has 1 spiro atoms. The second kappa shape index (κ2) is 20.1. The summed E-state index contributed by atoms with van der Waals surface area (Å²) in [6.07, 6.45) is 13.2. The number of aromatic hydroxyl groups is 1. The maximum atomic E-state index is 16.8. The monoisotopic (exact) mass is 987 g/mol. The number of anilines is 2. The third-order valence-electron chi connectivity index (χ3n) is 15.7. The number of hydrogen-bond donors (Lipinski definition) is 2. The number of urea groups is 1. The number of carbonyl (C=O) groups is 3. The second-order valence-electron chi connectivity index (χ2n) is 20.5. The Bertz CT molecular complexity index is 2960. The van der Waals surface area contributed by atoms with Crippen LogP contribution in [-0.4, -0.2) is 144 Å². The Labute approximate surface area is 416 Å². The minimum atomic E-state index is -1.06. The number of fused-ring (bicyclic) bond motifs is 2. The number of halogens is 3. The first-order valence-electron chi connectivity index (χ1n) is 25.0. The van der Waals surface area contributed by atoms with Gasteiger partial charge in [0.25, 0.3) is 5.91 Å². The van der Waals surface area contributed by atoms with Gasteiger partial charge in [-0.3, -0.25) is 24.8 Å². The van der Waals surface area contributed by atoms with E-state index in [0.717, 1.165) is 65.0 Å². The van der Waals surface area contributed by atoms with E-state index in [1.807, 2.05) is 4.90 Å². The van der Waals surface area contributed by atoms with Crippen molar-refractivity contribution in [3.8, 4) is 41.1 Å². The molecule has 2 aromatic heterocycles. The van der Waals surface area contributed by atoms with Crippen LogP contribution in [0.25, 0.3) is 32.9 Å². The van der Waals surface area contributed by atoms with Crippen molar-refractivity contribution in [2.24, 2.45) is 17.3 Å². The number of alkyl halides is 1. The fourth-order valence-corrected chi connectivity index (χ4v) is 11.4. The third-order valence-corrected chi connectivity index (χ3v) is 15.7. The van der Waals surface area contributed by atoms with Crippen LogP contribution in [0.5, 0.6) is 17.5 Å². The molecule has 3 atom stereocenters. The Balaban J connectivity index is 0.716. The van der Waals surface area contributed by atoms with Crippen LogP contribution in [-0.2, 0) is 4.79 Å². The molecule has 72 heavy (non-hydrogen) atoms. The summed E-state index contributed by atoms with van der Waals surface area (Å²) in [5, 5.41) is 13.8. The van der Waals surface area contributed by atoms with Crippen LogP contribution < -0.4 is 24.6 Å². The van der Waals surface area contributed by atoms with Crippen LogP contribution >= 0.6 is 0 Å². The number of piperidine rings is 1. The largest absolute Gasteiger partial charge is 0.508 e. The summed E-state index contributed by atoms with van der Waals surface area (Å²) in [6, 6.07) is 9.49. The minimum Gasteiger partial charge on any atom is -0.508 e. The van der Waals surface area contributed by atoms with Crippen molar-refractivity contribution in [1.29, 1.82) is 0 Å². The maximum absolute atomic E-state index is 16.8. The van der Waals surface area contributed by atoms with Gasteiger partial charge in [0, 0.05) is 107 Å². The first kappa shape index (κ1) is 48.9. The van der Waals surface area contributed by atoms with Crippen molar-refractivity contribution in [2.45, 2.75) is 70.5 Å². The highest BCUT2D eigenvalue weighted by atomic mass is 19.1. The number of piperazine rings is 1. The van der Waals surface area contributed by atoms with E-state index in [1.54, 1.807) is 30.1 Å². The van der Waals surface area contributed by atoms with E-state index in [4.69, 9.17) is 15.9 Å². The second-order valence-corrected chi connectivity index (χ2v) is 20.5. The Kier molecular flexibility index (Phi) is 13.6. The molecule has 0 bridgehead atoms. The summed E-state index contributed by atoms with van der Waals surface area (Å²) in [6.45, 7) is 9.60. The molecule has 2 saturated carbocycles. The molecule has 15 nitrogen and oxygen atoms in total. The van der Waals surface area contributed by atoms with Crippen LogP contribution in [0.15, 0.2) is 48.7 Å². The van der Waals surface area contributed by atoms with Gasteiger partial charge in [-0.1, -0.05) is 18.9 Å². The number of terminal acetylenes is 1. The number of likely N-dealkylation sites (tertiary alicyclic amines) is 1. The molecule has 5 fully saturated rings. The number of imide groups is 1. The van der Waals surface area contributed by atoms with Crippen molar-refractivity contribution < 1.29 is 42.1 Å². The molecule has 0 unspecified atom stereocenters. The Morgan fingerprint density at radius 2 is 1.74 bits per heavy atom. The summed E-state index contributed by atoms with van der Waals surface area (Å²) in [5.74, 6) is 1.73. The predicted molar refractivity (Wildman–Crippen MR) is 267 cm³/mol. The van der Waals surface area contributed by atoms with Gasteiger partial charge in [0.2, 0.25) is 5.91 Å².